The summed E-state index contributed by atoms with van der Waals surface area (Å²) in [5.41, 5.74) is -0.159. The van der Waals surface area contributed by atoms with Crippen LogP contribution in [0.5, 0.6) is 0 Å². The van der Waals surface area contributed by atoms with E-state index in [4.69, 9.17) is 21.4 Å². The second-order valence-corrected chi connectivity index (χ2v) is 7.12. The number of hydrogen-bond donors (Lipinski definition) is 2. The molecule has 1 aromatic carbocycles. The van der Waals surface area contributed by atoms with E-state index >= 15 is 0 Å². The van der Waals surface area contributed by atoms with Crippen LogP contribution in [-0.2, 0) is 21.4 Å². The number of halogens is 2. The Balaban J connectivity index is 1.99. The maximum absolute atomic E-state index is 14.0. The van der Waals surface area contributed by atoms with Gasteiger partial charge >= 0.3 is 0 Å². The number of aliphatic hydroxyl groups excluding tert-OH is 1. The van der Waals surface area contributed by atoms with Gasteiger partial charge in [-0.3, -0.25) is 0 Å². The number of benzene rings is 1. The van der Waals surface area contributed by atoms with E-state index in [0.717, 1.165) is 18.9 Å². The Morgan fingerprint density at radius 2 is 2.14 bits per heavy atom. The van der Waals surface area contributed by atoms with Gasteiger partial charge in [0.05, 0.1) is 13.2 Å². The van der Waals surface area contributed by atoms with Crippen LogP contribution in [0.3, 0.4) is 0 Å². The second kappa shape index (κ2) is 7.02. The van der Waals surface area contributed by atoms with Crippen LogP contribution in [-0.4, -0.2) is 33.3 Å². The van der Waals surface area contributed by atoms with E-state index < -0.39 is 27.3 Å². The van der Waals surface area contributed by atoms with E-state index in [0.29, 0.717) is 12.5 Å². The molecule has 0 aromatic heterocycles. The molecular formula is C13H17ClFNO4S. The minimum absolute atomic E-state index is 0.0470. The number of rotatable bonds is 8. The monoisotopic (exact) mass is 337 g/mol. The van der Waals surface area contributed by atoms with Crippen LogP contribution < -0.4 is 4.72 Å². The Hall–Kier alpha value is -0.730. The molecule has 0 atom stereocenters. The molecule has 2 N–H and O–H groups in total. The van der Waals surface area contributed by atoms with Crippen molar-refractivity contribution in [2.75, 3.05) is 19.8 Å². The van der Waals surface area contributed by atoms with Crippen molar-refractivity contribution >= 4 is 21.6 Å². The highest BCUT2D eigenvalue weighted by Crippen LogP contribution is 2.28. The van der Waals surface area contributed by atoms with Crippen molar-refractivity contribution < 1.29 is 22.7 Å². The van der Waals surface area contributed by atoms with Gasteiger partial charge in [0.15, 0.2) is 0 Å². The van der Waals surface area contributed by atoms with Crippen molar-refractivity contribution in [3.8, 4) is 0 Å². The maximum atomic E-state index is 14.0. The molecule has 1 aromatic rings. The molecule has 0 bridgehead atoms. The van der Waals surface area contributed by atoms with E-state index in [1.54, 1.807) is 0 Å². The van der Waals surface area contributed by atoms with Crippen molar-refractivity contribution in [3.05, 3.63) is 28.5 Å². The topological polar surface area (TPSA) is 75.6 Å². The van der Waals surface area contributed by atoms with Gasteiger partial charge in [0.1, 0.15) is 10.7 Å². The summed E-state index contributed by atoms with van der Waals surface area (Å²) in [6, 6.07) is 2.21. The van der Waals surface area contributed by atoms with Crippen LogP contribution in [0, 0.1) is 11.7 Å². The average molecular weight is 338 g/mol. The van der Waals surface area contributed by atoms with Gasteiger partial charge in [0, 0.05) is 23.7 Å². The smallest absolute Gasteiger partial charge is 0.243 e. The molecule has 118 valence electrons. The van der Waals surface area contributed by atoms with Crippen LogP contribution in [0.15, 0.2) is 17.0 Å². The van der Waals surface area contributed by atoms with Crippen molar-refractivity contribution in [3.63, 3.8) is 0 Å². The molecule has 1 saturated carbocycles. The minimum atomic E-state index is -4.03. The van der Waals surface area contributed by atoms with Crippen LogP contribution in [0.25, 0.3) is 0 Å². The molecule has 0 aliphatic heterocycles. The quantitative estimate of drug-likeness (QED) is 0.708. The van der Waals surface area contributed by atoms with Gasteiger partial charge in [-0.15, -0.1) is 0 Å². The summed E-state index contributed by atoms with van der Waals surface area (Å²) in [4.78, 5) is -0.568. The summed E-state index contributed by atoms with van der Waals surface area (Å²) < 4.78 is 45.6. The molecule has 0 amide bonds. The zero-order valence-corrected chi connectivity index (χ0v) is 12.9. The first-order valence-electron chi connectivity index (χ1n) is 6.60. The lowest BCUT2D eigenvalue weighted by Gasteiger charge is -2.10. The van der Waals surface area contributed by atoms with Crippen molar-refractivity contribution in [2.45, 2.75) is 24.3 Å². The molecule has 0 heterocycles. The largest absolute Gasteiger partial charge is 0.392 e. The maximum Gasteiger partial charge on any atom is 0.243 e. The lowest BCUT2D eigenvalue weighted by molar-refractivity contribution is 0.129. The Labute approximate surface area is 128 Å². The van der Waals surface area contributed by atoms with Gasteiger partial charge in [0.2, 0.25) is 10.0 Å². The normalized spacial score (nSPS) is 15.4. The molecule has 0 spiro atoms. The first-order chi connectivity index (χ1) is 9.94. The Morgan fingerprint density at radius 3 is 2.76 bits per heavy atom. The van der Waals surface area contributed by atoms with Gasteiger partial charge in [-0.2, -0.15) is 0 Å². The van der Waals surface area contributed by atoms with Gasteiger partial charge in [-0.1, -0.05) is 11.6 Å². The van der Waals surface area contributed by atoms with E-state index in [2.05, 4.69) is 4.72 Å². The zero-order chi connectivity index (χ0) is 15.5. The van der Waals surface area contributed by atoms with Crippen LogP contribution >= 0.6 is 11.6 Å². The van der Waals surface area contributed by atoms with E-state index in [9.17, 15) is 12.8 Å². The van der Waals surface area contributed by atoms with Crippen molar-refractivity contribution in [1.82, 2.24) is 4.72 Å². The molecule has 1 aliphatic rings. The zero-order valence-electron chi connectivity index (χ0n) is 11.3. The molecule has 0 radical (unpaired) electrons. The first-order valence-corrected chi connectivity index (χ1v) is 8.46. The standard InChI is InChI=1S/C13H17ClFNO4S/c14-11-5-10(7-17)13(15)12(6-11)21(18,19)16-3-4-20-8-9-1-2-9/h5-6,9,16-17H,1-4,7-8H2. The number of hydrogen-bond acceptors (Lipinski definition) is 4. The van der Waals surface area contributed by atoms with Gasteiger partial charge in [0.25, 0.3) is 0 Å². The molecular weight excluding hydrogens is 321 g/mol. The summed E-state index contributed by atoms with van der Waals surface area (Å²) in [6.45, 7) is 0.279. The number of sulfonamides is 1. The Morgan fingerprint density at radius 1 is 1.43 bits per heavy atom. The molecule has 2 rings (SSSR count). The van der Waals surface area contributed by atoms with E-state index in [-0.39, 0.29) is 23.7 Å². The third kappa shape index (κ3) is 4.62. The molecule has 1 fully saturated rings. The SMILES string of the molecule is O=S(=O)(NCCOCC1CC1)c1cc(Cl)cc(CO)c1F. The fraction of sp³-hybridized carbons (Fsp3) is 0.538. The molecule has 1 aliphatic carbocycles. The van der Waals surface area contributed by atoms with E-state index in [1.165, 1.54) is 6.07 Å². The summed E-state index contributed by atoms with van der Waals surface area (Å²) >= 11 is 5.74. The number of nitrogens with one attached hydrogen (secondary N) is 1. The third-order valence-electron chi connectivity index (χ3n) is 3.13. The average Bonchev–Trinajstić information content (AvgIpc) is 3.24. The first kappa shape index (κ1) is 16.6. The van der Waals surface area contributed by atoms with Crippen LogP contribution in [0.4, 0.5) is 4.39 Å². The van der Waals surface area contributed by atoms with Crippen LogP contribution in [0.2, 0.25) is 5.02 Å². The molecule has 0 unspecified atom stereocenters. The molecule has 21 heavy (non-hydrogen) atoms. The summed E-state index contributed by atoms with van der Waals surface area (Å²) in [6.07, 6.45) is 2.31. The van der Waals surface area contributed by atoms with Gasteiger partial charge in [-0.05, 0) is 30.9 Å². The summed E-state index contributed by atoms with van der Waals surface area (Å²) in [5.74, 6) is -0.396. The highest BCUT2D eigenvalue weighted by Gasteiger charge is 2.23. The number of aliphatic hydroxyl groups is 1. The molecule has 8 heteroatoms. The van der Waals surface area contributed by atoms with E-state index in [1.807, 2.05) is 0 Å². The summed E-state index contributed by atoms with van der Waals surface area (Å²) in [5, 5.41) is 9.05. The lowest BCUT2D eigenvalue weighted by Crippen LogP contribution is -2.28. The van der Waals surface area contributed by atoms with Crippen molar-refractivity contribution in [2.24, 2.45) is 5.92 Å². The van der Waals surface area contributed by atoms with Crippen LogP contribution in [0.1, 0.15) is 18.4 Å². The third-order valence-corrected chi connectivity index (χ3v) is 4.81. The van der Waals surface area contributed by atoms with Gasteiger partial charge < -0.3 is 9.84 Å². The number of ether oxygens (including phenoxy) is 1. The molecule has 0 saturated heterocycles. The van der Waals surface area contributed by atoms with Crippen molar-refractivity contribution in [1.29, 1.82) is 0 Å². The predicted octanol–water partition coefficient (Wildman–Crippen LogP) is 1.68. The fourth-order valence-corrected chi connectivity index (χ4v) is 3.25. The lowest BCUT2D eigenvalue weighted by atomic mass is 10.2. The fourth-order valence-electron chi connectivity index (χ4n) is 1.79. The second-order valence-electron chi connectivity index (χ2n) is 4.95. The summed E-state index contributed by atoms with van der Waals surface area (Å²) in [7, 11) is -4.03. The highest BCUT2D eigenvalue weighted by molar-refractivity contribution is 7.89. The van der Waals surface area contributed by atoms with Gasteiger partial charge in [-0.25, -0.2) is 17.5 Å². The highest BCUT2D eigenvalue weighted by atomic mass is 35.5. The molecule has 5 nitrogen and oxygen atoms in total. The minimum Gasteiger partial charge on any atom is -0.392 e. The Bertz CT molecular complexity index is 604. The predicted molar refractivity (Wildman–Crippen MR) is 76.1 cm³/mol. The Kier molecular flexibility index (Phi) is 5.56.